The molecule has 4 nitrogen and oxygen atoms in total. The molecule has 0 spiro atoms. The van der Waals surface area contributed by atoms with Crippen LogP contribution in [0.25, 0.3) is 85.2 Å². The van der Waals surface area contributed by atoms with E-state index in [2.05, 4.69) is 123 Å². The number of thiophene rings is 6. The Labute approximate surface area is 370 Å². The average molecular weight is 885 g/mol. The number of hydrogen-bond acceptors (Lipinski definition) is 10. The topological polar surface area (TPSA) is 81.7 Å². The third-order valence-corrected chi connectivity index (χ3v) is 17.1. The third-order valence-electron chi connectivity index (χ3n) is 10.3. The molecule has 0 fully saturated rings. The Morgan fingerprint density at radius 2 is 0.917 bits per heavy atom. The molecule has 6 aromatic heterocycles. The molecule has 9 rings (SSSR count). The number of benzene rings is 3. The fraction of sp³-hybridized carbons (Fsp3) is 0.0800. The van der Waals surface area contributed by atoms with Gasteiger partial charge in [-0.1, -0.05) is 48.5 Å². The fourth-order valence-electron chi connectivity index (χ4n) is 7.40. The third kappa shape index (κ3) is 7.37. The van der Waals surface area contributed by atoms with Crippen LogP contribution in [0.5, 0.6) is 0 Å². The minimum absolute atomic E-state index is 0.197. The summed E-state index contributed by atoms with van der Waals surface area (Å²) in [5, 5.41) is 21.5. The number of carbonyl (C=O) groups is 2. The van der Waals surface area contributed by atoms with Crippen molar-refractivity contribution in [3.63, 3.8) is 0 Å². The molecule has 0 aliphatic heterocycles. The van der Waals surface area contributed by atoms with Crippen LogP contribution >= 0.6 is 68.0 Å². The number of rotatable bonds is 8. The number of nitriles is 2. The van der Waals surface area contributed by atoms with Crippen molar-refractivity contribution in [3.8, 4) is 53.9 Å². The van der Waals surface area contributed by atoms with Crippen LogP contribution in [0.15, 0.2) is 109 Å². The number of aryl methyl sites for hydroxylation is 2. The molecule has 0 atom stereocenters. The molecule has 0 aliphatic carbocycles. The summed E-state index contributed by atoms with van der Waals surface area (Å²) in [6, 6.07) is 42.6. The van der Waals surface area contributed by atoms with Crippen LogP contribution in [0.1, 0.15) is 34.7 Å². The maximum atomic E-state index is 12.0. The molecule has 9 aromatic rings. The zero-order valence-corrected chi connectivity index (χ0v) is 37.6. The van der Waals surface area contributed by atoms with Crippen molar-refractivity contribution in [2.45, 2.75) is 27.7 Å². The molecule has 290 valence electrons. The molecule has 0 radical (unpaired) electrons. The van der Waals surface area contributed by atoms with Gasteiger partial charge in [-0.15, -0.1) is 68.0 Å². The lowest BCUT2D eigenvalue weighted by Gasteiger charge is -2.15. The zero-order chi connectivity index (χ0) is 41.7. The smallest absolute Gasteiger partial charge is 0.171 e. The second kappa shape index (κ2) is 16.3. The number of carbonyl (C=O) groups excluding carboxylic acids is 2. The van der Waals surface area contributed by atoms with Gasteiger partial charge in [0.25, 0.3) is 0 Å². The van der Waals surface area contributed by atoms with Gasteiger partial charge in [0.1, 0.15) is 23.3 Å². The van der Waals surface area contributed by atoms with Gasteiger partial charge in [-0.05, 0) is 123 Å². The van der Waals surface area contributed by atoms with Crippen molar-refractivity contribution in [3.05, 3.63) is 148 Å². The molecule has 0 amide bonds. The second-order valence-corrected chi connectivity index (χ2v) is 20.8. The van der Waals surface area contributed by atoms with E-state index in [0.29, 0.717) is 9.06 Å². The Kier molecular flexibility index (Phi) is 10.8. The highest BCUT2D eigenvalue weighted by atomic mass is 32.1. The standard InChI is InChI=1S/C50H32N2O2S6/c1-27-9-5-7-11-35(27)47-37-23-45(43-19-15-33(57-43)21-31-13-17-41(55-31)39(25-51)29(3)53)60-50(37)48(36-12-8-6-10-28(36)2)38-24-46(59-49(38)47)44-20-16-34(58-44)22-32-14-18-42(56-32)40(26-52)30(4)54/h5-24H,1-4H3/b31-21-,32-22-,41-39-,42-40-. The molecule has 6 heterocycles. The van der Waals surface area contributed by atoms with Crippen LogP contribution in [0.4, 0.5) is 0 Å². The van der Waals surface area contributed by atoms with E-state index in [1.165, 1.54) is 110 Å². The van der Waals surface area contributed by atoms with Crippen LogP contribution in [0.2, 0.25) is 0 Å². The normalized spacial score (nSPS) is 13.2. The van der Waals surface area contributed by atoms with Crippen molar-refractivity contribution in [2.75, 3.05) is 0 Å². The Balaban J connectivity index is 1.23. The summed E-state index contributed by atoms with van der Waals surface area (Å²) in [5.41, 5.74) is 7.79. The van der Waals surface area contributed by atoms with Gasteiger partial charge in [-0.2, -0.15) is 10.5 Å². The minimum Gasteiger partial charge on any atom is -0.294 e. The van der Waals surface area contributed by atoms with Crippen molar-refractivity contribution in [1.82, 2.24) is 0 Å². The highest BCUT2D eigenvalue weighted by molar-refractivity contribution is 7.28. The molecular formula is C50H32N2O2S6. The van der Waals surface area contributed by atoms with E-state index in [-0.39, 0.29) is 22.7 Å². The van der Waals surface area contributed by atoms with Crippen LogP contribution in [-0.4, -0.2) is 11.6 Å². The van der Waals surface area contributed by atoms with Gasteiger partial charge in [0.2, 0.25) is 0 Å². The second-order valence-electron chi connectivity index (χ2n) is 14.3. The first-order chi connectivity index (χ1) is 29.1. The SMILES string of the molecule is CC(=O)/C(C#N)=c1/cc/c(=C/c2ccc(-c3cc4c(-c5ccccc5C)c5sc(-c6ccc(/C=c7/cc/c(=C(\C#N)C(C)=O)s7)s6)cc5c(-c5ccccc5C)c4s3)s2)s1. The van der Waals surface area contributed by atoms with Gasteiger partial charge in [0.05, 0.1) is 0 Å². The molecule has 0 unspecified atom stereocenters. The van der Waals surface area contributed by atoms with Crippen LogP contribution in [0, 0.1) is 36.5 Å². The van der Waals surface area contributed by atoms with Crippen molar-refractivity contribution in [2.24, 2.45) is 0 Å². The van der Waals surface area contributed by atoms with E-state index in [1.807, 2.05) is 46.9 Å². The first-order valence-electron chi connectivity index (χ1n) is 18.9. The van der Waals surface area contributed by atoms with E-state index in [0.717, 1.165) is 18.8 Å². The van der Waals surface area contributed by atoms with Gasteiger partial charge in [-0.3, -0.25) is 9.59 Å². The first kappa shape index (κ1) is 39.6. The molecule has 0 N–H and O–H groups in total. The van der Waals surface area contributed by atoms with Crippen LogP contribution in [0.3, 0.4) is 0 Å². The Hall–Kier alpha value is -5.82. The van der Waals surface area contributed by atoms with Crippen molar-refractivity contribution in [1.29, 1.82) is 10.5 Å². The van der Waals surface area contributed by atoms with Crippen LogP contribution in [-0.2, 0) is 9.59 Å². The summed E-state index contributed by atoms with van der Waals surface area (Å²) in [5.74, 6) is -0.439. The summed E-state index contributed by atoms with van der Waals surface area (Å²) in [6.45, 7) is 7.26. The maximum absolute atomic E-state index is 12.0. The molecule has 0 aliphatic rings. The largest absolute Gasteiger partial charge is 0.294 e. The summed E-state index contributed by atoms with van der Waals surface area (Å²) in [4.78, 5) is 31.0. The maximum Gasteiger partial charge on any atom is 0.171 e. The van der Waals surface area contributed by atoms with E-state index < -0.39 is 0 Å². The predicted octanol–water partition coefficient (Wildman–Crippen LogP) is 11.8. The van der Waals surface area contributed by atoms with Gasteiger partial charge >= 0.3 is 0 Å². The van der Waals surface area contributed by atoms with Crippen molar-refractivity contribution < 1.29 is 9.59 Å². The summed E-state index contributed by atoms with van der Waals surface area (Å²) in [7, 11) is 0. The van der Waals surface area contributed by atoms with E-state index in [9.17, 15) is 20.1 Å². The summed E-state index contributed by atoms with van der Waals surface area (Å²) in [6.07, 6.45) is 4.26. The predicted molar refractivity (Wildman–Crippen MR) is 258 cm³/mol. The van der Waals surface area contributed by atoms with Gasteiger partial charge < -0.3 is 0 Å². The van der Waals surface area contributed by atoms with Crippen molar-refractivity contribution >= 4 is 123 Å². The lowest BCUT2D eigenvalue weighted by atomic mass is 9.90. The average Bonchev–Trinajstić information content (AvgIpc) is 4.09. The van der Waals surface area contributed by atoms with Crippen LogP contribution < -0.4 is 18.1 Å². The number of Topliss-reactive ketones (excluding diaryl/α,β-unsaturated/α-hetero) is 2. The Bertz CT molecular complexity index is 3280. The van der Waals surface area contributed by atoms with E-state index in [1.54, 1.807) is 22.7 Å². The number of ketones is 2. The summed E-state index contributed by atoms with van der Waals surface area (Å²) < 4.78 is 5.90. The quantitative estimate of drug-likeness (QED) is 0.152. The highest BCUT2D eigenvalue weighted by Crippen LogP contribution is 2.53. The van der Waals surface area contributed by atoms with E-state index in [4.69, 9.17) is 0 Å². The lowest BCUT2D eigenvalue weighted by molar-refractivity contribution is -0.112. The Morgan fingerprint density at radius 1 is 0.500 bits per heavy atom. The molecule has 0 saturated heterocycles. The monoisotopic (exact) mass is 884 g/mol. The first-order valence-corrected chi connectivity index (χ1v) is 23.8. The summed E-state index contributed by atoms with van der Waals surface area (Å²) >= 11 is 10.1. The highest BCUT2D eigenvalue weighted by Gasteiger charge is 2.24. The molecule has 0 bridgehead atoms. The molecule has 3 aromatic carbocycles. The number of fused-ring (bicyclic) bond motifs is 2. The van der Waals surface area contributed by atoms with E-state index >= 15 is 0 Å². The lowest BCUT2D eigenvalue weighted by Crippen LogP contribution is -2.05. The van der Waals surface area contributed by atoms with Gasteiger partial charge in [0, 0.05) is 78.7 Å². The van der Waals surface area contributed by atoms with Gasteiger partial charge in [-0.25, -0.2) is 0 Å². The Morgan fingerprint density at radius 3 is 1.30 bits per heavy atom. The number of hydrogen-bond donors (Lipinski definition) is 0. The molecule has 60 heavy (non-hydrogen) atoms. The van der Waals surface area contributed by atoms with Gasteiger partial charge in [0.15, 0.2) is 11.6 Å². The minimum atomic E-state index is -0.220. The molecular weight excluding hydrogens is 853 g/mol. The zero-order valence-electron chi connectivity index (χ0n) is 32.7. The fourth-order valence-corrected chi connectivity index (χ4v) is 14.1. The molecule has 10 heteroatoms. The number of nitrogens with zero attached hydrogens (tertiary/aromatic N) is 2. The molecule has 0 saturated carbocycles.